The van der Waals surface area contributed by atoms with Crippen molar-refractivity contribution < 1.29 is 4.79 Å². The Balaban J connectivity index is 3.58. The lowest BCUT2D eigenvalue weighted by Crippen LogP contribution is -2.42. The number of amides is 1. The lowest BCUT2D eigenvalue weighted by atomic mass is 10.2. The molecule has 5 nitrogen and oxygen atoms in total. The van der Waals surface area contributed by atoms with Gasteiger partial charge in [-0.25, -0.2) is 0 Å². The monoisotopic (exact) mass is 270 g/mol. The molecule has 0 bridgehead atoms. The van der Waals surface area contributed by atoms with Crippen molar-refractivity contribution in [1.82, 2.24) is 16.0 Å². The van der Waals surface area contributed by atoms with Crippen LogP contribution in [0.2, 0.25) is 0 Å². The second kappa shape index (κ2) is 11.8. The van der Waals surface area contributed by atoms with E-state index in [-0.39, 0.29) is 11.8 Å². The molecule has 0 heterocycles. The van der Waals surface area contributed by atoms with Crippen molar-refractivity contribution >= 4 is 11.9 Å². The fraction of sp³-hybridized carbons (Fsp3) is 0.857. The van der Waals surface area contributed by atoms with Gasteiger partial charge in [-0.15, -0.1) is 0 Å². The molecule has 0 aromatic carbocycles. The first-order valence-corrected chi connectivity index (χ1v) is 7.34. The van der Waals surface area contributed by atoms with Crippen LogP contribution in [0.4, 0.5) is 0 Å². The van der Waals surface area contributed by atoms with Crippen molar-refractivity contribution in [2.24, 2.45) is 10.9 Å². The molecule has 0 saturated heterocycles. The SMILES string of the molecule is CCCCCCNC(=NC)NCCNC(=O)C(C)C. The zero-order valence-corrected chi connectivity index (χ0v) is 12.9. The summed E-state index contributed by atoms with van der Waals surface area (Å²) in [5, 5.41) is 9.31. The Morgan fingerprint density at radius 3 is 2.21 bits per heavy atom. The summed E-state index contributed by atoms with van der Waals surface area (Å²) in [7, 11) is 1.76. The summed E-state index contributed by atoms with van der Waals surface area (Å²) >= 11 is 0. The molecule has 0 aliphatic rings. The van der Waals surface area contributed by atoms with Gasteiger partial charge < -0.3 is 16.0 Å². The van der Waals surface area contributed by atoms with Crippen molar-refractivity contribution in [1.29, 1.82) is 0 Å². The van der Waals surface area contributed by atoms with Gasteiger partial charge in [0.2, 0.25) is 5.91 Å². The van der Waals surface area contributed by atoms with Crippen LogP contribution in [0.1, 0.15) is 46.5 Å². The Bertz CT molecular complexity index is 264. The quantitative estimate of drug-likeness (QED) is 0.338. The zero-order valence-electron chi connectivity index (χ0n) is 12.9. The molecule has 0 saturated carbocycles. The number of aliphatic imine (C=N–C) groups is 1. The Kier molecular flexibility index (Phi) is 11.0. The smallest absolute Gasteiger partial charge is 0.222 e. The highest BCUT2D eigenvalue weighted by atomic mass is 16.1. The van der Waals surface area contributed by atoms with Crippen molar-refractivity contribution in [3.05, 3.63) is 0 Å². The second-order valence-electron chi connectivity index (χ2n) is 4.93. The van der Waals surface area contributed by atoms with E-state index in [0.29, 0.717) is 13.1 Å². The van der Waals surface area contributed by atoms with Crippen LogP contribution in [0.5, 0.6) is 0 Å². The van der Waals surface area contributed by atoms with Crippen LogP contribution in [-0.4, -0.2) is 38.5 Å². The highest BCUT2D eigenvalue weighted by Crippen LogP contribution is 1.96. The number of guanidine groups is 1. The number of unbranched alkanes of at least 4 members (excludes halogenated alkanes) is 3. The van der Waals surface area contributed by atoms with Crippen LogP contribution in [0.15, 0.2) is 4.99 Å². The van der Waals surface area contributed by atoms with Crippen LogP contribution in [0.3, 0.4) is 0 Å². The van der Waals surface area contributed by atoms with E-state index in [1.54, 1.807) is 7.05 Å². The van der Waals surface area contributed by atoms with Gasteiger partial charge in [-0.1, -0.05) is 40.0 Å². The highest BCUT2D eigenvalue weighted by Gasteiger charge is 2.04. The molecule has 0 radical (unpaired) electrons. The zero-order chi connectivity index (χ0) is 14.5. The number of hydrogen-bond acceptors (Lipinski definition) is 2. The number of nitrogens with one attached hydrogen (secondary N) is 3. The van der Waals surface area contributed by atoms with Crippen LogP contribution < -0.4 is 16.0 Å². The fourth-order valence-corrected chi connectivity index (χ4v) is 1.55. The maximum Gasteiger partial charge on any atom is 0.222 e. The molecule has 0 rings (SSSR count). The Morgan fingerprint density at radius 2 is 1.63 bits per heavy atom. The van der Waals surface area contributed by atoms with Crippen LogP contribution in [0, 0.1) is 5.92 Å². The Labute approximate surface area is 117 Å². The van der Waals surface area contributed by atoms with Gasteiger partial charge in [0.15, 0.2) is 5.96 Å². The Hall–Kier alpha value is -1.26. The summed E-state index contributed by atoms with van der Waals surface area (Å²) in [6.45, 7) is 8.23. The molecule has 3 N–H and O–H groups in total. The van der Waals surface area contributed by atoms with E-state index < -0.39 is 0 Å². The minimum atomic E-state index is 0.0380. The summed E-state index contributed by atoms with van der Waals surface area (Å²) in [6.07, 6.45) is 4.96. The van der Waals surface area contributed by atoms with E-state index in [1.165, 1.54) is 25.7 Å². The lowest BCUT2D eigenvalue weighted by Gasteiger charge is -2.12. The summed E-state index contributed by atoms with van der Waals surface area (Å²) < 4.78 is 0. The standard InChI is InChI=1S/C14H30N4O/c1-5-6-7-8-9-17-14(15-4)18-11-10-16-13(19)12(2)3/h12H,5-11H2,1-4H3,(H,16,19)(H2,15,17,18). The predicted octanol–water partition coefficient (Wildman–Crippen LogP) is 1.50. The number of carbonyl (C=O) groups is 1. The highest BCUT2D eigenvalue weighted by molar-refractivity contribution is 5.80. The first kappa shape index (κ1) is 17.7. The molecule has 0 atom stereocenters. The average molecular weight is 270 g/mol. The number of hydrogen-bond donors (Lipinski definition) is 3. The summed E-state index contributed by atoms with van der Waals surface area (Å²) in [6, 6.07) is 0. The van der Waals surface area contributed by atoms with Gasteiger partial charge in [0.05, 0.1) is 0 Å². The van der Waals surface area contributed by atoms with E-state index in [2.05, 4.69) is 27.9 Å². The normalized spacial score (nSPS) is 11.5. The third-order valence-corrected chi connectivity index (χ3v) is 2.79. The van der Waals surface area contributed by atoms with Gasteiger partial charge in [-0.2, -0.15) is 0 Å². The minimum Gasteiger partial charge on any atom is -0.356 e. The van der Waals surface area contributed by atoms with Crippen molar-refractivity contribution in [2.45, 2.75) is 46.5 Å². The van der Waals surface area contributed by atoms with Gasteiger partial charge >= 0.3 is 0 Å². The first-order chi connectivity index (χ1) is 9.11. The second-order valence-corrected chi connectivity index (χ2v) is 4.93. The topological polar surface area (TPSA) is 65.5 Å². The molecule has 0 unspecified atom stereocenters. The molecule has 0 aliphatic heterocycles. The van der Waals surface area contributed by atoms with Crippen LogP contribution >= 0.6 is 0 Å². The molecular weight excluding hydrogens is 240 g/mol. The van der Waals surface area contributed by atoms with Crippen molar-refractivity contribution in [3.8, 4) is 0 Å². The molecule has 0 aromatic rings. The van der Waals surface area contributed by atoms with E-state index in [9.17, 15) is 4.79 Å². The van der Waals surface area contributed by atoms with Crippen LogP contribution in [0.25, 0.3) is 0 Å². The molecule has 0 fully saturated rings. The Morgan fingerprint density at radius 1 is 1.00 bits per heavy atom. The predicted molar refractivity (Wildman–Crippen MR) is 81.4 cm³/mol. The molecule has 1 amide bonds. The molecule has 0 aromatic heterocycles. The van der Waals surface area contributed by atoms with Gasteiger partial charge in [-0.05, 0) is 6.42 Å². The molecule has 112 valence electrons. The van der Waals surface area contributed by atoms with Crippen molar-refractivity contribution in [2.75, 3.05) is 26.7 Å². The van der Waals surface area contributed by atoms with Gasteiger partial charge in [0.25, 0.3) is 0 Å². The number of carbonyl (C=O) groups excluding carboxylic acids is 1. The van der Waals surface area contributed by atoms with E-state index in [1.807, 2.05) is 13.8 Å². The molecule has 5 heteroatoms. The summed E-state index contributed by atoms with van der Waals surface area (Å²) in [5.41, 5.74) is 0. The fourth-order valence-electron chi connectivity index (χ4n) is 1.55. The third-order valence-electron chi connectivity index (χ3n) is 2.79. The molecule has 0 spiro atoms. The minimum absolute atomic E-state index is 0.0380. The number of rotatable bonds is 9. The van der Waals surface area contributed by atoms with Gasteiger partial charge in [-0.3, -0.25) is 9.79 Å². The average Bonchev–Trinajstić information content (AvgIpc) is 2.40. The maximum absolute atomic E-state index is 11.3. The third kappa shape index (κ3) is 10.4. The lowest BCUT2D eigenvalue weighted by molar-refractivity contribution is -0.123. The van der Waals surface area contributed by atoms with Crippen molar-refractivity contribution in [3.63, 3.8) is 0 Å². The molecular formula is C14H30N4O. The van der Waals surface area contributed by atoms with Crippen LogP contribution in [-0.2, 0) is 4.79 Å². The number of nitrogens with zero attached hydrogens (tertiary/aromatic N) is 1. The maximum atomic E-state index is 11.3. The van der Waals surface area contributed by atoms with E-state index in [0.717, 1.165) is 12.5 Å². The van der Waals surface area contributed by atoms with E-state index >= 15 is 0 Å². The van der Waals surface area contributed by atoms with Gasteiger partial charge in [0, 0.05) is 32.6 Å². The first-order valence-electron chi connectivity index (χ1n) is 7.34. The summed E-state index contributed by atoms with van der Waals surface area (Å²) in [4.78, 5) is 15.5. The molecule has 19 heavy (non-hydrogen) atoms. The largest absolute Gasteiger partial charge is 0.356 e. The summed E-state index contributed by atoms with van der Waals surface area (Å²) in [5.74, 6) is 0.926. The van der Waals surface area contributed by atoms with E-state index in [4.69, 9.17) is 0 Å². The van der Waals surface area contributed by atoms with Gasteiger partial charge in [0.1, 0.15) is 0 Å². The molecule has 0 aliphatic carbocycles.